The van der Waals surface area contributed by atoms with E-state index in [1.54, 1.807) is 24.3 Å². The van der Waals surface area contributed by atoms with Gasteiger partial charge < -0.3 is 14.6 Å². The van der Waals surface area contributed by atoms with E-state index in [9.17, 15) is 9.90 Å². The Hall–Kier alpha value is -2.49. The molecule has 2 rings (SSSR count). The summed E-state index contributed by atoms with van der Waals surface area (Å²) in [5, 5.41) is 18.3. The van der Waals surface area contributed by atoms with Gasteiger partial charge in [0.25, 0.3) is 0 Å². The van der Waals surface area contributed by atoms with Crippen molar-refractivity contribution in [2.24, 2.45) is 0 Å². The van der Waals surface area contributed by atoms with Crippen molar-refractivity contribution in [1.29, 1.82) is 0 Å². The number of benzene rings is 1. The van der Waals surface area contributed by atoms with Crippen LogP contribution in [-0.4, -0.2) is 10.2 Å². The summed E-state index contributed by atoms with van der Waals surface area (Å²) in [6.07, 6.45) is 4.05. The molecular weight excluding hydrogens is 232 g/mol. The van der Waals surface area contributed by atoms with Crippen molar-refractivity contribution in [2.75, 3.05) is 0 Å². The monoisotopic (exact) mass is 244 g/mol. The smallest absolute Gasteiger partial charge is 0.339 e. The van der Waals surface area contributed by atoms with Gasteiger partial charge >= 0.3 is 5.63 Å². The Morgan fingerprint density at radius 2 is 1.78 bits per heavy atom. The fourth-order valence-corrected chi connectivity index (χ4v) is 1.51. The molecule has 0 fully saturated rings. The number of hydrogen-bond donors (Lipinski definition) is 2. The minimum Gasteiger partial charge on any atom is -0.508 e. The minimum absolute atomic E-state index is 0.0979. The highest BCUT2D eigenvalue weighted by atomic mass is 16.4. The molecule has 1 aromatic heterocycles. The van der Waals surface area contributed by atoms with Gasteiger partial charge in [0.15, 0.2) is 0 Å². The quantitative estimate of drug-likeness (QED) is 0.869. The van der Waals surface area contributed by atoms with Gasteiger partial charge in [-0.25, -0.2) is 4.79 Å². The first-order valence-corrected chi connectivity index (χ1v) is 5.42. The van der Waals surface area contributed by atoms with E-state index in [0.29, 0.717) is 12.2 Å². The van der Waals surface area contributed by atoms with Crippen molar-refractivity contribution < 1.29 is 14.6 Å². The highest BCUT2D eigenvalue weighted by molar-refractivity contribution is 5.50. The Bertz CT molecular complexity index is 608. The van der Waals surface area contributed by atoms with Crippen LogP contribution in [0.5, 0.6) is 11.5 Å². The minimum atomic E-state index is -0.567. The van der Waals surface area contributed by atoms with Crippen molar-refractivity contribution in [3.05, 3.63) is 64.2 Å². The molecule has 1 aromatic carbocycles. The normalized spacial score (nSPS) is 10.9. The zero-order chi connectivity index (χ0) is 13.0. The molecule has 0 aliphatic heterocycles. The van der Waals surface area contributed by atoms with Crippen LogP contribution >= 0.6 is 0 Å². The molecule has 0 radical (unpaired) electrons. The molecule has 18 heavy (non-hydrogen) atoms. The highest BCUT2D eigenvalue weighted by Gasteiger charge is 1.98. The third-order valence-corrected chi connectivity index (χ3v) is 2.33. The zero-order valence-electron chi connectivity index (χ0n) is 9.54. The summed E-state index contributed by atoms with van der Waals surface area (Å²) in [6.45, 7) is 0. The molecule has 0 spiro atoms. The van der Waals surface area contributed by atoms with Crippen LogP contribution in [0.25, 0.3) is 6.08 Å². The molecule has 0 saturated carbocycles. The van der Waals surface area contributed by atoms with Crippen LogP contribution < -0.4 is 5.63 Å². The number of rotatable bonds is 3. The van der Waals surface area contributed by atoms with E-state index in [-0.39, 0.29) is 11.5 Å². The van der Waals surface area contributed by atoms with E-state index in [1.165, 1.54) is 6.07 Å². The van der Waals surface area contributed by atoms with Crippen molar-refractivity contribution >= 4 is 6.08 Å². The molecule has 92 valence electrons. The number of aromatic hydroxyl groups is 2. The van der Waals surface area contributed by atoms with Crippen LogP contribution in [0.4, 0.5) is 0 Å². The summed E-state index contributed by atoms with van der Waals surface area (Å²) in [7, 11) is 0. The van der Waals surface area contributed by atoms with E-state index in [0.717, 1.165) is 11.6 Å². The molecule has 0 aliphatic carbocycles. The lowest BCUT2D eigenvalue weighted by Gasteiger charge is -1.96. The first kappa shape index (κ1) is 12.0. The van der Waals surface area contributed by atoms with Gasteiger partial charge in [0.2, 0.25) is 0 Å². The van der Waals surface area contributed by atoms with Crippen LogP contribution in [0.15, 0.2) is 51.7 Å². The molecule has 0 unspecified atom stereocenters. The van der Waals surface area contributed by atoms with Crippen molar-refractivity contribution in [1.82, 2.24) is 0 Å². The van der Waals surface area contributed by atoms with Crippen molar-refractivity contribution in [3.63, 3.8) is 0 Å². The van der Waals surface area contributed by atoms with Crippen LogP contribution in [-0.2, 0) is 6.42 Å². The number of phenolic OH excluding ortho intramolecular Hbond substituents is 1. The molecule has 2 aromatic rings. The summed E-state index contributed by atoms with van der Waals surface area (Å²) in [4.78, 5) is 11.0. The first-order valence-electron chi connectivity index (χ1n) is 5.42. The van der Waals surface area contributed by atoms with Gasteiger partial charge in [-0.3, -0.25) is 0 Å². The molecule has 0 atom stereocenters. The van der Waals surface area contributed by atoms with Gasteiger partial charge in [0.1, 0.15) is 17.3 Å². The summed E-state index contributed by atoms with van der Waals surface area (Å²) in [5.74, 6) is 0.514. The molecule has 1 heterocycles. The third-order valence-electron chi connectivity index (χ3n) is 2.33. The fourth-order valence-electron chi connectivity index (χ4n) is 1.51. The van der Waals surface area contributed by atoms with Crippen molar-refractivity contribution in [2.45, 2.75) is 6.42 Å². The zero-order valence-corrected chi connectivity index (χ0v) is 9.54. The second-order valence-electron chi connectivity index (χ2n) is 3.80. The van der Waals surface area contributed by atoms with Gasteiger partial charge in [-0.1, -0.05) is 24.3 Å². The van der Waals surface area contributed by atoms with Gasteiger partial charge in [-0.15, -0.1) is 0 Å². The molecular formula is C14H12O4. The fraction of sp³-hybridized carbons (Fsp3) is 0.0714. The summed E-state index contributed by atoms with van der Waals surface area (Å²) < 4.78 is 4.91. The van der Waals surface area contributed by atoms with E-state index < -0.39 is 5.63 Å². The van der Waals surface area contributed by atoms with Crippen LogP contribution in [0.2, 0.25) is 0 Å². The van der Waals surface area contributed by atoms with Crippen LogP contribution in [0.1, 0.15) is 11.3 Å². The average Bonchev–Trinajstić information content (AvgIpc) is 2.30. The maximum Gasteiger partial charge on any atom is 0.339 e. The average molecular weight is 244 g/mol. The molecule has 4 nitrogen and oxygen atoms in total. The van der Waals surface area contributed by atoms with Gasteiger partial charge in [-0.05, 0) is 17.7 Å². The maximum absolute atomic E-state index is 11.0. The molecule has 0 aliphatic rings. The molecule has 4 heteroatoms. The Kier molecular flexibility index (Phi) is 3.48. The van der Waals surface area contributed by atoms with Crippen LogP contribution in [0, 0.1) is 0 Å². The number of phenols is 1. The Morgan fingerprint density at radius 1 is 1.06 bits per heavy atom. The molecule has 0 amide bonds. The second kappa shape index (κ2) is 5.23. The number of hydrogen-bond acceptors (Lipinski definition) is 4. The van der Waals surface area contributed by atoms with Gasteiger partial charge in [0.05, 0.1) is 6.07 Å². The molecule has 0 saturated heterocycles. The topological polar surface area (TPSA) is 70.7 Å². The predicted octanol–water partition coefficient (Wildman–Crippen LogP) is 2.31. The molecule has 0 bridgehead atoms. The lowest BCUT2D eigenvalue weighted by Crippen LogP contribution is -1.97. The highest BCUT2D eigenvalue weighted by Crippen LogP contribution is 2.12. The predicted molar refractivity (Wildman–Crippen MR) is 67.5 cm³/mol. The summed E-state index contributed by atoms with van der Waals surface area (Å²) in [5.41, 5.74) is 0.360. The van der Waals surface area contributed by atoms with Crippen LogP contribution in [0.3, 0.4) is 0 Å². The summed E-state index contributed by atoms with van der Waals surface area (Å²) in [6, 6.07) is 9.15. The van der Waals surface area contributed by atoms with Crippen molar-refractivity contribution in [3.8, 4) is 11.5 Å². The second-order valence-corrected chi connectivity index (χ2v) is 3.80. The van der Waals surface area contributed by atoms with E-state index >= 15 is 0 Å². The maximum atomic E-state index is 11.0. The third kappa shape index (κ3) is 3.25. The standard InChI is InChI=1S/C14H12O4/c15-11-6-4-10(5-7-11)2-1-3-13-8-12(16)9-14(17)18-13/h1-2,4-9,15-16H,3H2/b2-1+. The Morgan fingerprint density at radius 3 is 2.44 bits per heavy atom. The SMILES string of the molecule is O=c1cc(O)cc(C/C=C/c2ccc(O)cc2)o1. The molecule has 2 N–H and O–H groups in total. The van der Waals surface area contributed by atoms with E-state index in [1.807, 2.05) is 12.2 Å². The van der Waals surface area contributed by atoms with Gasteiger partial charge in [0, 0.05) is 12.5 Å². The Labute approximate surface area is 103 Å². The summed E-state index contributed by atoms with van der Waals surface area (Å²) >= 11 is 0. The lowest BCUT2D eigenvalue weighted by molar-refractivity contribution is 0.429. The first-order chi connectivity index (χ1) is 8.63. The number of allylic oxidation sites excluding steroid dienone is 1. The Balaban J connectivity index is 2.07. The van der Waals surface area contributed by atoms with Gasteiger partial charge in [-0.2, -0.15) is 0 Å². The lowest BCUT2D eigenvalue weighted by atomic mass is 10.2. The van der Waals surface area contributed by atoms with E-state index in [2.05, 4.69) is 0 Å². The van der Waals surface area contributed by atoms with E-state index in [4.69, 9.17) is 9.52 Å². The largest absolute Gasteiger partial charge is 0.508 e.